The number of benzene rings is 2. The molecule has 0 unspecified atom stereocenters. The molecular weight excluding hydrogens is 381 g/mol. The Bertz CT molecular complexity index is 860. The van der Waals surface area contributed by atoms with E-state index in [1.54, 1.807) is 12.1 Å². The molecule has 0 saturated carbocycles. The largest absolute Gasteiger partial charge is 0.347 e. The van der Waals surface area contributed by atoms with Gasteiger partial charge >= 0.3 is 0 Å². The first-order valence-electron chi connectivity index (χ1n) is 8.57. The van der Waals surface area contributed by atoms with E-state index < -0.39 is 17.6 Å². The zero-order valence-electron chi connectivity index (χ0n) is 15.7. The standard InChI is InChI=1S/C20H22FN3O3S/c1-24(13-19(26)23-16-8-3-4-9-17(16)28-2)20(27)12-22-18(25)11-14-6-5-7-15(21)10-14/h3-10H,11-13H2,1-2H3,(H,22,25)(H,23,26). The van der Waals surface area contributed by atoms with Crippen LogP contribution in [-0.2, 0) is 20.8 Å². The summed E-state index contributed by atoms with van der Waals surface area (Å²) in [6.07, 6.45) is 1.88. The second kappa shape index (κ2) is 10.5. The van der Waals surface area contributed by atoms with Gasteiger partial charge in [0.15, 0.2) is 0 Å². The molecule has 0 heterocycles. The maximum absolute atomic E-state index is 13.1. The Hall–Kier alpha value is -2.87. The second-order valence-electron chi connectivity index (χ2n) is 6.08. The van der Waals surface area contributed by atoms with E-state index in [2.05, 4.69) is 10.6 Å². The summed E-state index contributed by atoms with van der Waals surface area (Å²) in [7, 11) is 1.49. The molecule has 2 N–H and O–H groups in total. The van der Waals surface area contributed by atoms with Crippen molar-refractivity contribution < 1.29 is 18.8 Å². The van der Waals surface area contributed by atoms with Crippen molar-refractivity contribution in [3.8, 4) is 0 Å². The quantitative estimate of drug-likeness (QED) is 0.663. The predicted molar refractivity (Wildman–Crippen MR) is 108 cm³/mol. The van der Waals surface area contributed by atoms with Crippen LogP contribution in [0.25, 0.3) is 0 Å². The van der Waals surface area contributed by atoms with Crippen LogP contribution in [0.3, 0.4) is 0 Å². The van der Waals surface area contributed by atoms with Gasteiger partial charge in [0.1, 0.15) is 5.82 Å². The van der Waals surface area contributed by atoms with Crippen LogP contribution in [0.4, 0.5) is 10.1 Å². The van der Waals surface area contributed by atoms with Crippen LogP contribution in [0.2, 0.25) is 0 Å². The highest BCUT2D eigenvalue weighted by Crippen LogP contribution is 2.24. The highest BCUT2D eigenvalue weighted by molar-refractivity contribution is 7.98. The van der Waals surface area contributed by atoms with Crippen molar-refractivity contribution in [2.75, 3.05) is 31.7 Å². The molecule has 6 nitrogen and oxygen atoms in total. The molecule has 0 radical (unpaired) electrons. The van der Waals surface area contributed by atoms with Gasteiger partial charge in [-0.15, -0.1) is 11.8 Å². The lowest BCUT2D eigenvalue weighted by Crippen LogP contribution is -2.41. The number of nitrogens with zero attached hydrogens (tertiary/aromatic N) is 1. The van der Waals surface area contributed by atoms with Gasteiger partial charge in [0.05, 0.1) is 25.2 Å². The number of likely N-dealkylation sites (N-methyl/N-ethyl adjacent to an activating group) is 1. The number of halogens is 1. The monoisotopic (exact) mass is 403 g/mol. The Kier molecular flexibility index (Phi) is 8.01. The van der Waals surface area contributed by atoms with E-state index >= 15 is 0 Å². The van der Waals surface area contributed by atoms with Crippen molar-refractivity contribution >= 4 is 35.2 Å². The molecule has 3 amide bonds. The first kappa shape index (κ1) is 21.4. The number of rotatable bonds is 8. The van der Waals surface area contributed by atoms with Gasteiger partial charge in [-0.1, -0.05) is 24.3 Å². The number of nitrogens with one attached hydrogen (secondary N) is 2. The third kappa shape index (κ3) is 6.70. The van der Waals surface area contributed by atoms with Gasteiger partial charge in [0, 0.05) is 11.9 Å². The topological polar surface area (TPSA) is 78.5 Å². The fourth-order valence-corrected chi connectivity index (χ4v) is 3.00. The minimum atomic E-state index is -0.421. The lowest BCUT2D eigenvalue weighted by Gasteiger charge is -2.18. The van der Waals surface area contributed by atoms with Gasteiger partial charge < -0.3 is 15.5 Å². The van der Waals surface area contributed by atoms with Crippen LogP contribution in [0.1, 0.15) is 5.56 Å². The summed E-state index contributed by atoms with van der Waals surface area (Å²) >= 11 is 1.51. The van der Waals surface area contributed by atoms with Gasteiger partial charge in [-0.05, 0) is 36.1 Å². The Morgan fingerprint density at radius 1 is 1.07 bits per heavy atom. The molecule has 0 saturated heterocycles. The Balaban J connectivity index is 1.78. The molecule has 2 rings (SSSR count). The number of thioether (sulfide) groups is 1. The summed E-state index contributed by atoms with van der Waals surface area (Å²) in [6.45, 7) is -0.374. The molecule has 8 heteroatoms. The summed E-state index contributed by atoms with van der Waals surface area (Å²) < 4.78 is 13.1. The number of carbonyl (C=O) groups is 3. The molecule has 2 aromatic rings. The highest BCUT2D eigenvalue weighted by Gasteiger charge is 2.15. The summed E-state index contributed by atoms with van der Waals surface area (Å²) in [6, 6.07) is 13.1. The van der Waals surface area contributed by atoms with Gasteiger partial charge in [-0.3, -0.25) is 14.4 Å². The predicted octanol–water partition coefficient (Wildman–Crippen LogP) is 2.30. The number of para-hydroxylation sites is 1. The molecule has 2 aromatic carbocycles. The van der Waals surface area contributed by atoms with Crippen LogP contribution < -0.4 is 10.6 Å². The molecule has 0 atom stereocenters. The van der Waals surface area contributed by atoms with Crippen LogP contribution in [0.15, 0.2) is 53.4 Å². The normalized spacial score (nSPS) is 10.2. The zero-order valence-corrected chi connectivity index (χ0v) is 16.5. The van der Waals surface area contributed by atoms with Gasteiger partial charge in [-0.2, -0.15) is 0 Å². The summed E-state index contributed by atoms with van der Waals surface area (Å²) in [5.74, 6) is -1.55. The molecule has 0 fully saturated rings. The van der Waals surface area contributed by atoms with E-state index in [0.29, 0.717) is 11.3 Å². The van der Waals surface area contributed by atoms with E-state index in [9.17, 15) is 18.8 Å². The minimum Gasteiger partial charge on any atom is -0.347 e. The Morgan fingerprint density at radius 2 is 1.82 bits per heavy atom. The van der Waals surface area contributed by atoms with Gasteiger partial charge in [0.2, 0.25) is 17.7 Å². The molecule has 28 heavy (non-hydrogen) atoms. The Labute approximate surface area is 167 Å². The minimum absolute atomic E-state index is 0.0271. The number of hydrogen-bond donors (Lipinski definition) is 2. The van der Waals surface area contributed by atoms with Crippen molar-refractivity contribution in [3.05, 3.63) is 59.9 Å². The summed E-state index contributed by atoms with van der Waals surface area (Å²) in [4.78, 5) is 38.4. The van der Waals surface area contributed by atoms with Crippen molar-refractivity contribution in [3.63, 3.8) is 0 Å². The lowest BCUT2D eigenvalue weighted by atomic mass is 10.1. The van der Waals surface area contributed by atoms with E-state index in [1.807, 2.05) is 24.5 Å². The number of amides is 3. The van der Waals surface area contributed by atoms with Crippen LogP contribution in [0, 0.1) is 5.82 Å². The average molecular weight is 403 g/mol. The smallest absolute Gasteiger partial charge is 0.244 e. The number of carbonyl (C=O) groups excluding carboxylic acids is 3. The maximum atomic E-state index is 13.1. The number of hydrogen-bond acceptors (Lipinski definition) is 4. The second-order valence-corrected chi connectivity index (χ2v) is 6.93. The fraction of sp³-hybridized carbons (Fsp3) is 0.250. The van der Waals surface area contributed by atoms with E-state index in [4.69, 9.17) is 0 Å². The molecule has 0 aliphatic carbocycles. The number of anilines is 1. The first-order valence-corrected chi connectivity index (χ1v) is 9.79. The summed E-state index contributed by atoms with van der Waals surface area (Å²) in [5.41, 5.74) is 1.20. The molecule has 0 aromatic heterocycles. The maximum Gasteiger partial charge on any atom is 0.244 e. The van der Waals surface area contributed by atoms with Crippen molar-refractivity contribution in [1.82, 2.24) is 10.2 Å². The molecular formula is C20H22FN3O3S. The zero-order chi connectivity index (χ0) is 20.5. The molecule has 0 spiro atoms. The first-order chi connectivity index (χ1) is 13.4. The van der Waals surface area contributed by atoms with E-state index in [0.717, 1.165) is 4.90 Å². The van der Waals surface area contributed by atoms with Crippen molar-refractivity contribution in [2.45, 2.75) is 11.3 Å². The molecule has 148 valence electrons. The third-order valence-corrected chi connectivity index (χ3v) is 4.67. The molecule has 0 aliphatic heterocycles. The Morgan fingerprint density at radius 3 is 2.54 bits per heavy atom. The van der Waals surface area contributed by atoms with Gasteiger partial charge in [0.25, 0.3) is 0 Å². The van der Waals surface area contributed by atoms with Crippen molar-refractivity contribution in [2.24, 2.45) is 0 Å². The fourth-order valence-electron chi connectivity index (χ4n) is 2.45. The SMILES string of the molecule is CSc1ccccc1NC(=O)CN(C)C(=O)CNC(=O)Cc1cccc(F)c1. The van der Waals surface area contributed by atoms with Crippen LogP contribution in [0.5, 0.6) is 0 Å². The van der Waals surface area contributed by atoms with Crippen LogP contribution >= 0.6 is 11.8 Å². The van der Waals surface area contributed by atoms with Gasteiger partial charge in [-0.25, -0.2) is 4.39 Å². The highest BCUT2D eigenvalue weighted by atomic mass is 32.2. The van der Waals surface area contributed by atoms with E-state index in [-0.39, 0.29) is 25.4 Å². The van der Waals surface area contributed by atoms with Crippen LogP contribution in [-0.4, -0.2) is 49.0 Å². The molecule has 0 aliphatic rings. The summed E-state index contributed by atoms with van der Waals surface area (Å²) in [5, 5.41) is 5.26. The average Bonchev–Trinajstić information content (AvgIpc) is 2.66. The lowest BCUT2D eigenvalue weighted by molar-refractivity contribution is -0.134. The van der Waals surface area contributed by atoms with E-state index in [1.165, 1.54) is 41.9 Å². The van der Waals surface area contributed by atoms with Crippen molar-refractivity contribution in [1.29, 1.82) is 0 Å². The third-order valence-electron chi connectivity index (χ3n) is 3.88. The molecule has 0 bridgehead atoms.